The number of anilines is 3. The maximum absolute atomic E-state index is 11.0. The molecule has 0 aliphatic carbocycles. The van der Waals surface area contributed by atoms with Gasteiger partial charge in [-0.25, -0.2) is 15.0 Å². The Morgan fingerprint density at radius 3 is 2.19 bits per heavy atom. The van der Waals surface area contributed by atoms with Crippen LogP contribution in [0, 0.1) is 0 Å². The number of pyridine rings is 1. The van der Waals surface area contributed by atoms with Crippen LogP contribution in [0.2, 0.25) is 0 Å². The van der Waals surface area contributed by atoms with Gasteiger partial charge in [-0.05, 0) is 59.5 Å². The van der Waals surface area contributed by atoms with Gasteiger partial charge >= 0.3 is 0 Å². The molecule has 5 rings (SSSR count). The highest BCUT2D eigenvalue weighted by Gasteiger charge is 2.21. The standard InChI is InChI=1S/C31H28N4O/c1-31(2,3)26-16-10-15-25(29(26)36)30-33-20-18-27(34-30)22-11-9-14-24(21-22)35(23-12-5-4-6-13-23)28-17-7-8-19-32-28/h4-21,36H,1-3H3. The first-order chi connectivity index (χ1) is 17.4. The molecule has 0 radical (unpaired) electrons. The fourth-order valence-electron chi connectivity index (χ4n) is 4.26. The van der Waals surface area contributed by atoms with Crippen LogP contribution in [0.3, 0.4) is 0 Å². The van der Waals surface area contributed by atoms with Crippen molar-refractivity contribution in [2.45, 2.75) is 26.2 Å². The highest BCUT2D eigenvalue weighted by atomic mass is 16.3. The molecule has 5 nitrogen and oxygen atoms in total. The lowest BCUT2D eigenvalue weighted by Gasteiger charge is -2.24. The zero-order valence-corrected chi connectivity index (χ0v) is 20.6. The summed E-state index contributed by atoms with van der Waals surface area (Å²) in [6.45, 7) is 6.23. The highest BCUT2D eigenvalue weighted by Crippen LogP contribution is 2.38. The van der Waals surface area contributed by atoms with Crippen LogP contribution in [0.15, 0.2) is 109 Å². The van der Waals surface area contributed by atoms with E-state index in [1.165, 1.54) is 0 Å². The second-order valence-corrected chi connectivity index (χ2v) is 9.63. The van der Waals surface area contributed by atoms with Crippen molar-refractivity contribution in [3.05, 3.63) is 115 Å². The van der Waals surface area contributed by atoms with E-state index < -0.39 is 0 Å². The number of benzene rings is 3. The number of phenolic OH excluding ortho intramolecular Hbond substituents is 1. The topological polar surface area (TPSA) is 62.1 Å². The number of hydrogen-bond acceptors (Lipinski definition) is 5. The summed E-state index contributed by atoms with van der Waals surface area (Å²) >= 11 is 0. The van der Waals surface area contributed by atoms with Gasteiger partial charge in [0.2, 0.25) is 0 Å². The van der Waals surface area contributed by atoms with E-state index in [4.69, 9.17) is 4.98 Å². The predicted octanol–water partition coefficient (Wildman–Crippen LogP) is 7.68. The molecule has 3 aromatic carbocycles. The van der Waals surface area contributed by atoms with E-state index in [-0.39, 0.29) is 11.2 Å². The number of hydrogen-bond donors (Lipinski definition) is 1. The molecule has 0 amide bonds. The number of phenols is 1. The van der Waals surface area contributed by atoms with E-state index in [1.54, 1.807) is 12.4 Å². The maximum Gasteiger partial charge on any atom is 0.163 e. The van der Waals surface area contributed by atoms with Gasteiger partial charge in [0.05, 0.1) is 11.3 Å². The summed E-state index contributed by atoms with van der Waals surface area (Å²) in [5, 5.41) is 11.0. The molecule has 0 bridgehead atoms. The molecule has 5 aromatic rings. The van der Waals surface area contributed by atoms with Crippen LogP contribution in [-0.4, -0.2) is 20.1 Å². The molecule has 2 aromatic heterocycles. The average Bonchev–Trinajstić information content (AvgIpc) is 2.90. The summed E-state index contributed by atoms with van der Waals surface area (Å²) in [4.78, 5) is 16.0. The Kier molecular flexibility index (Phi) is 6.21. The SMILES string of the molecule is CC(C)(C)c1cccc(-c2nccc(-c3cccc(N(c4ccccc4)c4ccccn4)c3)n2)c1O. The first-order valence-electron chi connectivity index (χ1n) is 11.9. The zero-order chi connectivity index (χ0) is 25.1. The van der Waals surface area contributed by atoms with E-state index in [0.29, 0.717) is 11.4 Å². The molecule has 178 valence electrons. The Hall–Kier alpha value is -4.51. The Morgan fingerprint density at radius 1 is 0.694 bits per heavy atom. The van der Waals surface area contributed by atoms with Crippen molar-refractivity contribution >= 4 is 17.2 Å². The highest BCUT2D eigenvalue weighted by molar-refractivity contribution is 5.78. The number of nitrogens with zero attached hydrogens (tertiary/aromatic N) is 4. The molecule has 0 aliphatic heterocycles. The zero-order valence-electron chi connectivity index (χ0n) is 20.6. The second-order valence-electron chi connectivity index (χ2n) is 9.63. The molecular weight excluding hydrogens is 444 g/mol. The Balaban J connectivity index is 1.58. The predicted molar refractivity (Wildman–Crippen MR) is 146 cm³/mol. The lowest BCUT2D eigenvalue weighted by Crippen LogP contribution is -2.11. The minimum Gasteiger partial charge on any atom is -0.507 e. The fourth-order valence-corrected chi connectivity index (χ4v) is 4.26. The van der Waals surface area contributed by atoms with Crippen molar-refractivity contribution in [2.75, 3.05) is 4.90 Å². The van der Waals surface area contributed by atoms with Crippen molar-refractivity contribution in [3.8, 4) is 28.4 Å². The van der Waals surface area contributed by atoms with Gasteiger partial charge in [0.25, 0.3) is 0 Å². The average molecular weight is 473 g/mol. The lowest BCUT2D eigenvalue weighted by molar-refractivity contribution is 0.448. The monoisotopic (exact) mass is 472 g/mol. The molecule has 0 unspecified atom stereocenters. The minimum absolute atomic E-state index is 0.196. The van der Waals surface area contributed by atoms with Crippen molar-refractivity contribution < 1.29 is 5.11 Å². The summed E-state index contributed by atoms with van der Waals surface area (Å²) in [6.07, 6.45) is 3.53. The van der Waals surface area contributed by atoms with Gasteiger partial charge in [-0.2, -0.15) is 0 Å². The van der Waals surface area contributed by atoms with Crippen LogP contribution in [0.4, 0.5) is 17.2 Å². The number of aromatic nitrogens is 3. The van der Waals surface area contributed by atoms with Gasteiger partial charge in [0.1, 0.15) is 11.6 Å². The molecule has 36 heavy (non-hydrogen) atoms. The summed E-state index contributed by atoms with van der Waals surface area (Å²) < 4.78 is 0. The van der Waals surface area contributed by atoms with Gasteiger partial charge in [0.15, 0.2) is 5.82 Å². The van der Waals surface area contributed by atoms with Crippen molar-refractivity contribution in [1.82, 2.24) is 15.0 Å². The van der Waals surface area contributed by atoms with Crippen LogP contribution >= 0.6 is 0 Å². The first-order valence-corrected chi connectivity index (χ1v) is 11.9. The van der Waals surface area contributed by atoms with Crippen LogP contribution in [0.1, 0.15) is 26.3 Å². The third kappa shape index (κ3) is 4.68. The number of rotatable bonds is 5. The van der Waals surface area contributed by atoms with Crippen LogP contribution in [-0.2, 0) is 5.41 Å². The summed E-state index contributed by atoms with van der Waals surface area (Å²) in [7, 11) is 0. The second kappa shape index (κ2) is 9.62. The summed E-state index contributed by atoms with van der Waals surface area (Å²) in [5.74, 6) is 1.54. The van der Waals surface area contributed by atoms with E-state index in [9.17, 15) is 5.11 Å². The van der Waals surface area contributed by atoms with Crippen molar-refractivity contribution in [2.24, 2.45) is 0 Å². The third-order valence-electron chi connectivity index (χ3n) is 6.03. The molecule has 0 spiro atoms. The molecule has 1 N–H and O–H groups in total. The van der Waals surface area contributed by atoms with Crippen LogP contribution < -0.4 is 4.90 Å². The Bertz CT molecular complexity index is 1440. The van der Waals surface area contributed by atoms with Gasteiger partial charge in [-0.15, -0.1) is 0 Å². The molecule has 0 aliphatic rings. The minimum atomic E-state index is -0.196. The molecule has 0 atom stereocenters. The van der Waals surface area contributed by atoms with Gasteiger partial charge in [-0.1, -0.05) is 69.3 Å². The third-order valence-corrected chi connectivity index (χ3v) is 6.03. The Morgan fingerprint density at radius 2 is 1.44 bits per heavy atom. The normalized spacial score (nSPS) is 11.3. The Labute approximate surface area is 211 Å². The van der Waals surface area contributed by atoms with Gasteiger partial charge < -0.3 is 5.11 Å². The van der Waals surface area contributed by atoms with Crippen molar-refractivity contribution in [3.63, 3.8) is 0 Å². The number of para-hydroxylation sites is 2. The van der Waals surface area contributed by atoms with Gasteiger partial charge in [0, 0.05) is 29.3 Å². The van der Waals surface area contributed by atoms with E-state index in [0.717, 1.165) is 34.0 Å². The molecule has 0 fully saturated rings. The van der Waals surface area contributed by atoms with E-state index >= 15 is 0 Å². The first kappa shape index (κ1) is 23.2. The molecule has 5 heteroatoms. The largest absolute Gasteiger partial charge is 0.507 e. The maximum atomic E-state index is 11.0. The fraction of sp³-hybridized carbons (Fsp3) is 0.129. The smallest absolute Gasteiger partial charge is 0.163 e. The summed E-state index contributed by atoms with van der Waals surface area (Å²) in [6, 6.07) is 31.9. The van der Waals surface area contributed by atoms with Crippen LogP contribution in [0.25, 0.3) is 22.6 Å². The molecule has 2 heterocycles. The lowest BCUT2D eigenvalue weighted by atomic mass is 9.85. The molecular formula is C31H28N4O. The van der Waals surface area contributed by atoms with E-state index in [1.807, 2.05) is 72.8 Å². The molecule has 0 saturated carbocycles. The molecule has 0 saturated heterocycles. The number of aromatic hydroxyl groups is 1. The quantitative estimate of drug-likeness (QED) is 0.284. The van der Waals surface area contributed by atoms with Crippen molar-refractivity contribution in [1.29, 1.82) is 0 Å². The summed E-state index contributed by atoms with van der Waals surface area (Å²) in [5.41, 5.74) is 5.00. The van der Waals surface area contributed by atoms with Crippen LogP contribution in [0.5, 0.6) is 5.75 Å². The van der Waals surface area contributed by atoms with Gasteiger partial charge in [-0.3, -0.25) is 4.90 Å². The van der Waals surface area contributed by atoms with E-state index in [2.05, 4.69) is 59.9 Å².